The topological polar surface area (TPSA) is 86.6 Å². The van der Waals surface area contributed by atoms with Gasteiger partial charge in [0.15, 0.2) is 6.29 Å². The predicted octanol–water partition coefficient (Wildman–Crippen LogP) is 3.47. The van der Waals surface area contributed by atoms with Crippen molar-refractivity contribution in [2.24, 2.45) is 0 Å². The minimum Gasteiger partial charge on any atom is -0.350 e. The molecule has 1 aliphatic heterocycles. The van der Waals surface area contributed by atoms with Crippen molar-refractivity contribution in [3.63, 3.8) is 0 Å². The van der Waals surface area contributed by atoms with Gasteiger partial charge in [0.2, 0.25) is 0 Å². The monoisotopic (exact) mass is 426 g/mol. The molecule has 1 amide bonds. The van der Waals surface area contributed by atoms with E-state index in [1.54, 1.807) is 54.6 Å². The number of hydroxylamine groups is 1. The van der Waals surface area contributed by atoms with Crippen LogP contribution in [0.15, 0.2) is 71.8 Å². The molecule has 1 saturated heterocycles. The largest absolute Gasteiger partial charge is 0.350 e. The van der Waals surface area contributed by atoms with E-state index in [2.05, 4.69) is 5.48 Å². The Morgan fingerprint density at radius 1 is 1.13 bits per heavy atom. The fourth-order valence-electron chi connectivity index (χ4n) is 3.29. The molecule has 1 aliphatic rings. The van der Waals surface area contributed by atoms with Crippen LogP contribution in [-0.2, 0) is 24.4 Å². The minimum atomic E-state index is -3.67. The van der Waals surface area contributed by atoms with E-state index in [9.17, 15) is 13.2 Å². The molecule has 0 saturated carbocycles. The Kier molecular flexibility index (Phi) is 5.98. The number of hydrogen-bond acceptors (Lipinski definition) is 5. The third-order valence-electron chi connectivity index (χ3n) is 4.83. The molecule has 0 aliphatic carbocycles. The average molecular weight is 426 g/mol. The van der Waals surface area contributed by atoms with E-state index in [4.69, 9.17) is 9.57 Å². The summed E-state index contributed by atoms with van der Waals surface area (Å²) in [6.45, 7) is 0.635. The molecule has 1 atom stereocenters. The molecular formula is C22H22N2O5S. The van der Waals surface area contributed by atoms with E-state index in [0.717, 1.165) is 30.2 Å². The van der Waals surface area contributed by atoms with Crippen LogP contribution in [-0.4, -0.2) is 31.2 Å². The molecule has 1 aromatic heterocycles. The third kappa shape index (κ3) is 4.46. The lowest BCUT2D eigenvalue weighted by molar-refractivity contribution is -0.198. The van der Waals surface area contributed by atoms with Gasteiger partial charge in [0.1, 0.15) is 0 Å². The van der Waals surface area contributed by atoms with Crippen LogP contribution >= 0.6 is 0 Å². The number of rotatable bonds is 6. The van der Waals surface area contributed by atoms with Crippen molar-refractivity contribution in [3.8, 4) is 0 Å². The summed E-state index contributed by atoms with van der Waals surface area (Å²) in [5.74, 6) is -0.395. The number of fused-ring (bicyclic) bond motifs is 1. The maximum Gasteiger partial charge on any atom is 0.268 e. The first-order valence-corrected chi connectivity index (χ1v) is 11.1. The van der Waals surface area contributed by atoms with Crippen molar-refractivity contribution in [2.45, 2.75) is 30.4 Å². The SMILES string of the molecule is O=C(/C=C/c1ccc2c(ccn2S(=O)(=O)c2ccccc2)c1)NO[C@@H]1CCCCO1. The summed E-state index contributed by atoms with van der Waals surface area (Å²) >= 11 is 0. The van der Waals surface area contributed by atoms with E-state index >= 15 is 0 Å². The molecule has 156 valence electrons. The summed E-state index contributed by atoms with van der Waals surface area (Å²) in [6, 6.07) is 15.3. The quantitative estimate of drug-likeness (QED) is 0.482. The molecule has 7 nitrogen and oxygen atoms in total. The number of nitrogens with zero attached hydrogens (tertiary/aromatic N) is 1. The van der Waals surface area contributed by atoms with Gasteiger partial charge in [0.25, 0.3) is 15.9 Å². The number of benzene rings is 2. The standard InChI is InChI=1S/C22H22N2O5S/c25-21(23-29-22-8-4-5-15-28-22)12-10-17-9-11-20-18(16-17)13-14-24(20)30(26,27)19-6-2-1-3-7-19/h1-3,6-7,9-14,16,22H,4-5,8,15H2,(H,23,25)/b12-10+/t22-/m1/s1. The first kappa shape index (κ1) is 20.3. The van der Waals surface area contributed by atoms with Crippen LogP contribution < -0.4 is 5.48 Å². The molecule has 8 heteroatoms. The van der Waals surface area contributed by atoms with Gasteiger partial charge in [-0.25, -0.2) is 22.7 Å². The van der Waals surface area contributed by atoms with Crippen LogP contribution in [0.3, 0.4) is 0 Å². The second-order valence-electron chi connectivity index (χ2n) is 6.96. The summed E-state index contributed by atoms with van der Waals surface area (Å²) < 4.78 is 32.4. The van der Waals surface area contributed by atoms with Gasteiger partial charge in [0, 0.05) is 30.7 Å². The van der Waals surface area contributed by atoms with Gasteiger partial charge in [-0.3, -0.25) is 4.79 Å². The van der Waals surface area contributed by atoms with Gasteiger partial charge in [-0.2, -0.15) is 0 Å². The molecule has 0 bridgehead atoms. The average Bonchev–Trinajstić information content (AvgIpc) is 3.22. The van der Waals surface area contributed by atoms with E-state index in [1.165, 1.54) is 16.2 Å². The normalized spacial score (nSPS) is 17.4. The fourth-order valence-corrected chi connectivity index (χ4v) is 4.66. The number of aromatic nitrogens is 1. The minimum absolute atomic E-state index is 0.227. The zero-order valence-electron chi connectivity index (χ0n) is 16.2. The smallest absolute Gasteiger partial charge is 0.268 e. The van der Waals surface area contributed by atoms with Gasteiger partial charge >= 0.3 is 0 Å². The highest BCUT2D eigenvalue weighted by Crippen LogP contribution is 2.23. The third-order valence-corrected chi connectivity index (χ3v) is 6.54. The van der Waals surface area contributed by atoms with E-state index in [-0.39, 0.29) is 4.90 Å². The molecule has 1 N–H and O–H groups in total. The van der Waals surface area contributed by atoms with Crippen molar-refractivity contribution in [1.82, 2.24) is 9.45 Å². The Bertz CT molecular complexity index is 1160. The number of carbonyl (C=O) groups is 1. The van der Waals surface area contributed by atoms with Crippen LogP contribution in [0.5, 0.6) is 0 Å². The Labute approximate surface area is 174 Å². The van der Waals surface area contributed by atoms with E-state index in [1.807, 2.05) is 6.07 Å². The zero-order chi connectivity index (χ0) is 21.0. The van der Waals surface area contributed by atoms with Crippen LogP contribution in [0.2, 0.25) is 0 Å². The Morgan fingerprint density at radius 2 is 1.97 bits per heavy atom. The van der Waals surface area contributed by atoms with Gasteiger partial charge < -0.3 is 4.74 Å². The lowest BCUT2D eigenvalue weighted by Crippen LogP contribution is -2.32. The Balaban J connectivity index is 1.47. The van der Waals surface area contributed by atoms with E-state index < -0.39 is 22.2 Å². The van der Waals surface area contributed by atoms with Crippen molar-refractivity contribution in [3.05, 3.63) is 72.4 Å². The maximum atomic E-state index is 12.9. The highest BCUT2D eigenvalue weighted by Gasteiger charge is 2.18. The highest BCUT2D eigenvalue weighted by atomic mass is 32.2. The molecule has 0 spiro atoms. The molecule has 4 rings (SSSR count). The maximum absolute atomic E-state index is 12.9. The second-order valence-corrected chi connectivity index (χ2v) is 8.78. The van der Waals surface area contributed by atoms with Gasteiger partial charge in [-0.1, -0.05) is 24.3 Å². The zero-order valence-corrected chi connectivity index (χ0v) is 17.0. The van der Waals surface area contributed by atoms with Gasteiger partial charge in [-0.15, -0.1) is 0 Å². The second kappa shape index (κ2) is 8.83. The van der Waals surface area contributed by atoms with Crippen LogP contribution in [0.25, 0.3) is 17.0 Å². The lowest BCUT2D eigenvalue weighted by atomic mass is 10.1. The summed E-state index contributed by atoms with van der Waals surface area (Å²) in [7, 11) is -3.67. The molecule has 1 fully saturated rings. The Morgan fingerprint density at radius 3 is 2.73 bits per heavy atom. The molecule has 3 aromatic rings. The van der Waals surface area contributed by atoms with Crippen molar-refractivity contribution < 1.29 is 22.8 Å². The van der Waals surface area contributed by atoms with Crippen LogP contribution in [0.1, 0.15) is 24.8 Å². The lowest BCUT2D eigenvalue weighted by Gasteiger charge is -2.21. The summed E-state index contributed by atoms with van der Waals surface area (Å²) in [6.07, 6.45) is 6.90. The predicted molar refractivity (Wildman–Crippen MR) is 113 cm³/mol. The fraction of sp³-hybridized carbons (Fsp3) is 0.227. The van der Waals surface area contributed by atoms with Crippen molar-refractivity contribution in [1.29, 1.82) is 0 Å². The summed E-state index contributed by atoms with van der Waals surface area (Å²) in [5, 5.41) is 0.754. The first-order valence-electron chi connectivity index (χ1n) is 9.71. The number of nitrogens with one attached hydrogen (secondary N) is 1. The van der Waals surface area contributed by atoms with Crippen molar-refractivity contribution in [2.75, 3.05) is 6.61 Å². The number of hydrogen-bond donors (Lipinski definition) is 1. The molecule has 2 aromatic carbocycles. The molecule has 0 radical (unpaired) electrons. The molecule has 2 heterocycles. The number of amides is 1. The number of carbonyl (C=O) groups excluding carboxylic acids is 1. The van der Waals surface area contributed by atoms with Crippen LogP contribution in [0, 0.1) is 0 Å². The molecule has 0 unspecified atom stereocenters. The summed E-state index contributed by atoms with van der Waals surface area (Å²) in [5.41, 5.74) is 3.70. The molecular weight excluding hydrogens is 404 g/mol. The number of ether oxygens (including phenoxy) is 1. The molecule has 30 heavy (non-hydrogen) atoms. The van der Waals surface area contributed by atoms with Gasteiger partial charge in [0.05, 0.1) is 10.4 Å². The summed E-state index contributed by atoms with van der Waals surface area (Å²) in [4.78, 5) is 17.4. The van der Waals surface area contributed by atoms with Crippen molar-refractivity contribution >= 4 is 32.9 Å². The Hall–Kier alpha value is -2.94. The van der Waals surface area contributed by atoms with Crippen LogP contribution in [0.4, 0.5) is 0 Å². The van der Waals surface area contributed by atoms with Gasteiger partial charge in [-0.05, 0) is 54.8 Å². The van der Waals surface area contributed by atoms with E-state index in [0.29, 0.717) is 12.1 Å². The first-order chi connectivity index (χ1) is 14.5. The highest BCUT2D eigenvalue weighted by molar-refractivity contribution is 7.90.